The van der Waals surface area contributed by atoms with Gasteiger partial charge in [0.2, 0.25) is 0 Å². The van der Waals surface area contributed by atoms with E-state index in [1.165, 1.54) is 111 Å². The van der Waals surface area contributed by atoms with Gasteiger partial charge in [-0.25, -0.2) is 0 Å². The zero-order valence-electron chi connectivity index (χ0n) is 36.4. The van der Waals surface area contributed by atoms with Crippen LogP contribution in [0.15, 0.2) is 212 Å². The van der Waals surface area contributed by atoms with Crippen LogP contribution in [0.1, 0.15) is 56.4 Å². The third kappa shape index (κ3) is 5.90. The average molecular weight is 808 g/mol. The molecule has 0 N–H and O–H groups in total. The molecule has 0 amide bonds. The molecule has 0 bridgehead atoms. The van der Waals surface area contributed by atoms with E-state index in [-0.39, 0.29) is 16.9 Å². The lowest BCUT2D eigenvalue weighted by atomic mass is 9.77. The lowest BCUT2D eigenvalue weighted by molar-refractivity contribution is 0.585. The number of hydrogen-bond donors (Lipinski definition) is 0. The van der Waals surface area contributed by atoms with E-state index >= 15 is 0 Å². The number of anilines is 2. The summed E-state index contributed by atoms with van der Waals surface area (Å²) in [6.07, 6.45) is 5.83. The minimum Gasteiger partial charge on any atom is -0.334 e. The Morgan fingerprint density at radius 3 is 1.67 bits per heavy atom. The van der Waals surface area contributed by atoms with E-state index in [1.807, 2.05) is 0 Å². The van der Waals surface area contributed by atoms with Crippen molar-refractivity contribution in [2.75, 3.05) is 4.90 Å². The van der Waals surface area contributed by atoms with Gasteiger partial charge in [0.25, 0.3) is 0 Å². The summed E-state index contributed by atoms with van der Waals surface area (Å²) in [5.74, 6) is 0. The summed E-state index contributed by atoms with van der Waals surface area (Å²) < 4.78 is 0. The zero-order valence-corrected chi connectivity index (χ0v) is 36.4. The number of rotatable bonds is 6. The van der Waals surface area contributed by atoms with E-state index in [2.05, 4.69) is 239 Å². The molecule has 9 aromatic rings. The number of benzene rings is 9. The predicted octanol–water partition coefficient (Wildman–Crippen LogP) is 16.5. The van der Waals surface area contributed by atoms with Crippen LogP contribution >= 0.6 is 0 Å². The Balaban J connectivity index is 0.921. The fraction of sp³-hybridized carbons (Fsp3) is 0.129. The second-order valence-electron chi connectivity index (χ2n) is 18.9. The lowest BCUT2D eigenvalue weighted by Gasteiger charge is -2.37. The Morgan fingerprint density at radius 2 is 0.937 bits per heavy atom. The molecule has 0 radical (unpaired) electrons. The topological polar surface area (TPSA) is 3.24 Å². The highest BCUT2D eigenvalue weighted by Gasteiger charge is 2.41. The molecule has 63 heavy (non-hydrogen) atoms. The third-order valence-corrected chi connectivity index (χ3v) is 14.7. The van der Waals surface area contributed by atoms with Gasteiger partial charge in [-0.3, -0.25) is 0 Å². The molecule has 1 nitrogen and oxygen atoms in total. The highest BCUT2D eigenvalue weighted by Crippen LogP contribution is 2.53. The number of allylic oxidation sites excluding steroid dienone is 2. The fourth-order valence-corrected chi connectivity index (χ4v) is 11.3. The maximum Gasteiger partial charge on any atom is 0.0563 e. The van der Waals surface area contributed by atoms with Crippen LogP contribution in [0.4, 0.5) is 11.4 Å². The highest BCUT2D eigenvalue weighted by atomic mass is 15.2. The molecule has 9 aromatic carbocycles. The monoisotopic (exact) mass is 807 g/mol. The van der Waals surface area contributed by atoms with E-state index < -0.39 is 0 Å². The summed E-state index contributed by atoms with van der Waals surface area (Å²) in [6.45, 7) is 9.60. The van der Waals surface area contributed by atoms with Gasteiger partial charge in [0, 0.05) is 21.9 Å². The fourth-order valence-electron chi connectivity index (χ4n) is 11.3. The zero-order chi connectivity index (χ0) is 42.5. The van der Waals surface area contributed by atoms with Crippen molar-refractivity contribution in [1.29, 1.82) is 0 Å². The maximum absolute atomic E-state index is 2.63. The first-order valence-electron chi connectivity index (χ1n) is 22.5. The molecule has 1 unspecified atom stereocenters. The smallest absolute Gasteiger partial charge is 0.0563 e. The predicted molar refractivity (Wildman–Crippen MR) is 268 cm³/mol. The van der Waals surface area contributed by atoms with Gasteiger partial charge in [-0.1, -0.05) is 204 Å². The molecule has 12 rings (SSSR count). The molecule has 3 aliphatic carbocycles. The van der Waals surface area contributed by atoms with Crippen LogP contribution in [-0.4, -0.2) is 6.04 Å². The largest absolute Gasteiger partial charge is 0.334 e. The molecule has 1 heteroatoms. The van der Waals surface area contributed by atoms with E-state index in [0.717, 1.165) is 6.42 Å². The molecule has 0 fully saturated rings. The van der Waals surface area contributed by atoms with Crippen LogP contribution in [0.5, 0.6) is 0 Å². The van der Waals surface area contributed by atoms with Crippen molar-refractivity contribution in [3.8, 4) is 44.5 Å². The standard InChI is InChI=1S/C62H49N/c1-61(2)56-21-13-12-19-51(56)52-33-28-45(36-57(52)61)43-26-30-47(31-27-43)63(60-38-46-16-8-9-17-49(46)50-18-10-11-20-55(50)60)48-32-35-54-53-34-29-44(37-58(53)62(3,4)59(54)39-48)42-24-22-41(23-25-42)40-14-6-5-7-15-40/h5-38,48H,39H2,1-4H3. The normalized spacial score (nSPS) is 16.5. The SMILES string of the molecule is CC1(C)C2=C(C=CC(N(c3ccc(-c4ccc5c(c4)C(C)(C)c4ccccc4-5)cc3)c3cc4ccccc4c4ccccc34)C2)c2ccc(-c3ccc(-c4ccccc4)cc3)cc21. The Morgan fingerprint density at radius 1 is 0.413 bits per heavy atom. The first-order chi connectivity index (χ1) is 30.7. The first-order valence-corrected chi connectivity index (χ1v) is 22.5. The number of hydrogen-bond acceptors (Lipinski definition) is 1. The van der Waals surface area contributed by atoms with Crippen molar-refractivity contribution in [1.82, 2.24) is 0 Å². The van der Waals surface area contributed by atoms with Gasteiger partial charge in [-0.05, 0) is 131 Å². The average Bonchev–Trinajstić information content (AvgIpc) is 3.70. The quantitative estimate of drug-likeness (QED) is 0.151. The van der Waals surface area contributed by atoms with E-state index in [4.69, 9.17) is 0 Å². The molecule has 1 atom stereocenters. The molecular weight excluding hydrogens is 759 g/mol. The van der Waals surface area contributed by atoms with Gasteiger partial charge in [0.05, 0.1) is 11.7 Å². The molecular formula is C62H49N. The van der Waals surface area contributed by atoms with Crippen LogP contribution in [0.3, 0.4) is 0 Å². The Labute approximate surface area is 371 Å². The van der Waals surface area contributed by atoms with E-state index in [1.54, 1.807) is 0 Å². The van der Waals surface area contributed by atoms with Crippen molar-refractivity contribution in [3.05, 3.63) is 234 Å². The van der Waals surface area contributed by atoms with Crippen molar-refractivity contribution < 1.29 is 0 Å². The van der Waals surface area contributed by atoms with Crippen molar-refractivity contribution in [2.24, 2.45) is 0 Å². The van der Waals surface area contributed by atoms with Gasteiger partial charge in [0.15, 0.2) is 0 Å². The molecule has 0 aliphatic heterocycles. The van der Waals surface area contributed by atoms with Crippen LogP contribution in [0.25, 0.3) is 71.6 Å². The van der Waals surface area contributed by atoms with Crippen LogP contribution in [-0.2, 0) is 10.8 Å². The molecule has 3 aliphatic rings. The van der Waals surface area contributed by atoms with Crippen molar-refractivity contribution in [3.63, 3.8) is 0 Å². The van der Waals surface area contributed by atoms with Crippen LogP contribution in [0.2, 0.25) is 0 Å². The molecule has 0 saturated carbocycles. The van der Waals surface area contributed by atoms with Gasteiger partial charge < -0.3 is 4.90 Å². The molecule has 0 heterocycles. The van der Waals surface area contributed by atoms with Gasteiger partial charge in [0.1, 0.15) is 0 Å². The minimum atomic E-state index is -0.129. The van der Waals surface area contributed by atoms with Crippen LogP contribution < -0.4 is 4.90 Å². The summed E-state index contributed by atoms with van der Waals surface area (Å²) >= 11 is 0. The van der Waals surface area contributed by atoms with Gasteiger partial charge in [-0.2, -0.15) is 0 Å². The second kappa shape index (κ2) is 14.2. The second-order valence-corrected chi connectivity index (χ2v) is 18.9. The number of nitrogens with zero attached hydrogens (tertiary/aromatic N) is 1. The Hall–Kier alpha value is -7.22. The summed E-state index contributed by atoms with van der Waals surface area (Å²) in [4.78, 5) is 2.63. The summed E-state index contributed by atoms with van der Waals surface area (Å²) in [5.41, 5.74) is 21.0. The maximum atomic E-state index is 2.63. The highest BCUT2D eigenvalue weighted by molar-refractivity contribution is 6.14. The first kappa shape index (κ1) is 37.5. The molecule has 0 aromatic heterocycles. The van der Waals surface area contributed by atoms with E-state index in [9.17, 15) is 0 Å². The minimum absolute atomic E-state index is 0.0416. The summed E-state index contributed by atoms with van der Waals surface area (Å²) in [5, 5.41) is 5.10. The number of fused-ring (bicyclic) bond motifs is 8. The van der Waals surface area contributed by atoms with E-state index in [0.29, 0.717) is 0 Å². The molecule has 302 valence electrons. The van der Waals surface area contributed by atoms with Gasteiger partial charge >= 0.3 is 0 Å². The molecule has 0 spiro atoms. The summed E-state index contributed by atoms with van der Waals surface area (Å²) in [7, 11) is 0. The summed E-state index contributed by atoms with van der Waals surface area (Å²) in [6, 6.07) is 72.6. The van der Waals surface area contributed by atoms with Crippen molar-refractivity contribution >= 4 is 38.5 Å². The lowest BCUT2D eigenvalue weighted by Crippen LogP contribution is -2.33. The van der Waals surface area contributed by atoms with Crippen LogP contribution in [0, 0.1) is 0 Å². The Kier molecular flexibility index (Phi) is 8.44. The molecule has 0 saturated heterocycles. The Bertz CT molecular complexity index is 3340. The van der Waals surface area contributed by atoms with Crippen molar-refractivity contribution in [2.45, 2.75) is 51.0 Å². The van der Waals surface area contributed by atoms with Gasteiger partial charge in [-0.15, -0.1) is 0 Å². The third-order valence-electron chi connectivity index (χ3n) is 14.7.